The number of sulfonamides is 1. The van der Waals surface area contributed by atoms with Crippen molar-refractivity contribution >= 4 is 26.0 Å². The molecule has 100 valence electrons. The van der Waals surface area contributed by atoms with E-state index >= 15 is 0 Å². The molecule has 0 fully saturated rings. The van der Waals surface area contributed by atoms with Gasteiger partial charge < -0.3 is 0 Å². The van der Waals surface area contributed by atoms with Crippen LogP contribution in [0.2, 0.25) is 0 Å². The fraction of sp³-hybridized carbons (Fsp3) is 0.154. The molecule has 0 unspecified atom stereocenters. The lowest BCUT2D eigenvalue weighted by molar-refractivity contribution is 0.580. The number of rotatable bonds is 4. The first-order valence-corrected chi connectivity index (χ1v) is 7.92. The molecule has 4 nitrogen and oxygen atoms in total. The first kappa shape index (κ1) is 14.2. The molecule has 0 saturated heterocycles. The summed E-state index contributed by atoms with van der Waals surface area (Å²) in [5.74, 6) is 0. The Morgan fingerprint density at radius 2 is 2.05 bits per heavy atom. The van der Waals surface area contributed by atoms with E-state index in [1.807, 2.05) is 13.0 Å². The van der Waals surface area contributed by atoms with Crippen LogP contribution < -0.4 is 4.72 Å². The summed E-state index contributed by atoms with van der Waals surface area (Å²) in [6.45, 7) is 2.02. The number of halogens is 1. The number of pyridine rings is 1. The topological polar surface area (TPSA) is 59.1 Å². The summed E-state index contributed by atoms with van der Waals surface area (Å²) in [6.07, 6.45) is 1.63. The van der Waals surface area contributed by atoms with E-state index in [1.165, 1.54) is 0 Å². The van der Waals surface area contributed by atoms with Crippen LogP contribution in [0.3, 0.4) is 0 Å². The Kier molecular flexibility index (Phi) is 4.34. The van der Waals surface area contributed by atoms with Gasteiger partial charge in [0.15, 0.2) is 0 Å². The van der Waals surface area contributed by atoms with Crippen molar-refractivity contribution < 1.29 is 8.42 Å². The third-order valence-corrected chi connectivity index (χ3v) is 4.41. The SMILES string of the molecule is Cc1cccc(S(=O)(=O)NCc2cc(Br)ccn2)c1. The van der Waals surface area contributed by atoms with Crippen molar-refractivity contribution in [2.45, 2.75) is 18.4 Å². The molecule has 0 spiro atoms. The second-order valence-electron chi connectivity index (χ2n) is 4.11. The number of aromatic nitrogens is 1. The van der Waals surface area contributed by atoms with Gasteiger partial charge in [0.1, 0.15) is 0 Å². The summed E-state index contributed by atoms with van der Waals surface area (Å²) in [7, 11) is -3.50. The Labute approximate surface area is 121 Å². The van der Waals surface area contributed by atoms with Crippen LogP contribution in [0.1, 0.15) is 11.3 Å². The molecule has 0 bridgehead atoms. The maximum atomic E-state index is 12.1. The van der Waals surface area contributed by atoms with Crippen molar-refractivity contribution in [1.29, 1.82) is 0 Å². The van der Waals surface area contributed by atoms with E-state index in [4.69, 9.17) is 0 Å². The second-order valence-corrected chi connectivity index (χ2v) is 6.79. The molecule has 0 radical (unpaired) electrons. The maximum Gasteiger partial charge on any atom is 0.240 e. The van der Waals surface area contributed by atoms with Gasteiger partial charge in [-0.25, -0.2) is 13.1 Å². The van der Waals surface area contributed by atoms with E-state index in [0.717, 1.165) is 10.0 Å². The van der Waals surface area contributed by atoms with Crippen LogP contribution in [0, 0.1) is 6.92 Å². The van der Waals surface area contributed by atoms with Gasteiger partial charge in [-0.2, -0.15) is 0 Å². The molecule has 0 aliphatic heterocycles. The smallest absolute Gasteiger partial charge is 0.240 e. The van der Waals surface area contributed by atoms with Gasteiger partial charge >= 0.3 is 0 Å². The summed E-state index contributed by atoms with van der Waals surface area (Å²) in [5, 5.41) is 0. The molecular weight excluding hydrogens is 328 g/mol. The number of hydrogen-bond donors (Lipinski definition) is 1. The van der Waals surface area contributed by atoms with Crippen LogP contribution in [0.25, 0.3) is 0 Å². The normalized spacial score (nSPS) is 11.5. The number of nitrogens with zero attached hydrogens (tertiary/aromatic N) is 1. The molecule has 6 heteroatoms. The van der Waals surface area contributed by atoms with Crippen LogP contribution in [0.4, 0.5) is 0 Å². The minimum absolute atomic E-state index is 0.162. The molecule has 0 atom stereocenters. The molecule has 1 heterocycles. The predicted molar refractivity (Wildman–Crippen MR) is 77.1 cm³/mol. The van der Waals surface area contributed by atoms with Gasteiger partial charge in [-0.3, -0.25) is 4.98 Å². The highest BCUT2D eigenvalue weighted by Crippen LogP contribution is 2.12. The number of aryl methyl sites for hydroxylation is 1. The molecule has 0 aliphatic rings. The van der Waals surface area contributed by atoms with Crippen LogP contribution in [0.5, 0.6) is 0 Å². The Morgan fingerprint density at radius 1 is 1.26 bits per heavy atom. The first-order chi connectivity index (χ1) is 8.97. The van der Waals surface area contributed by atoms with Crippen LogP contribution >= 0.6 is 15.9 Å². The molecule has 19 heavy (non-hydrogen) atoms. The fourth-order valence-electron chi connectivity index (χ4n) is 1.58. The van der Waals surface area contributed by atoms with Gasteiger partial charge in [0.25, 0.3) is 0 Å². The Bertz CT molecular complexity index is 687. The summed E-state index contributed by atoms with van der Waals surface area (Å²) in [5.41, 5.74) is 1.56. The lowest BCUT2D eigenvalue weighted by Gasteiger charge is -2.07. The molecule has 1 aromatic carbocycles. The standard InChI is InChI=1S/C13H13BrN2O2S/c1-10-3-2-4-13(7-10)19(17,18)16-9-12-8-11(14)5-6-15-12/h2-8,16H,9H2,1H3. The van der Waals surface area contributed by atoms with E-state index in [1.54, 1.807) is 36.5 Å². The molecule has 1 aromatic heterocycles. The zero-order valence-electron chi connectivity index (χ0n) is 10.3. The number of nitrogens with one attached hydrogen (secondary N) is 1. The molecule has 0 amide bonds. The average molecular weight is 341 g/mol. The minimum Gasteiger partial charge on any atom is -0.260 e. The Morgan fingerprint density at radius 3 is 2.74 bits per heavy atom. The summed E-state index contributed by atoms with van der Waals surface area (Å²) >= 11 is 3.32. The fourth-order valence-corrected chi connectivity index (χ4v) is 3.07. The second kappa shape index (κ2) is 5.81. The lowest BCUT2D eigenvalue weighted by atomic mass is 10.2. The zero-order chi connectivity index (χ0) is 13.9. The van der Waals surface area contributed by atoms with Gasteiger partial charge in [0, 0.05) is 10.7 Å². The predicted octanol–water partition coefficient (Wildman–Crippen LogP) is 2.63. The highest BCUT2D eigenvalue weighted by Gasteiger charge is 2.13. The van der Waals surface area contributed by atoms with Gasteiger partial charge in [-0.1, -0.05) is 28.1 Å². The van der Waals surface area contributed by atoms with Crippen molar-refractivity contribution in [2.24, 2.45) is 0 Å². The van der Waals surface area contributed by atoms with Crippen molar-refractivity contribution in [3.05, 3.63) is 58.3 Å². The quantitative estimate of drug-likeness (QED) is 0.930. The average Bonchev–Trinajstić information content (AvgIpc) is 2.37. The highest BCUT2D eigenvalue weighted by molar-refractivity contribution is 9.10. The molecule has 1 N–H and O–H groups in total. The van der Waals surface area contributed by atoms with E-state index in [-0.39, 0.29) is 11.4 Å². The molecule has 2 aromatic rings. The maximum absolute atomic E-state index is 12.1. The van der Waals surface area contributed by atoms with Crippen molar-refractivity contribution in [3.8, 4) is 0 Å². The van der Waals surface area contributed by atoms with Gasteiger partial charge in [-0.05, 0) is 36.8 Å². The van der Waals surface area contributed by atoms with Crippen LogP contribution in [-0.2, 0) is 16.6 Å². The molecular formula is C13H13BrN2O2S. The van der Waals surface area contributed by atoms with Gasteiger partial charge in [0.2, 0.25) is 10.0 Å². The van der Waals surface area contributed by atoms with E-state index in [2.05, 4.69) is 25.6 Å². The number of benzene rings is 1. The molecule has 0 aliphatic carbocycles. The monoisotopic (exact) mass is 340 g/mol. The Balaban J connectivity index is 2.14. The number of hydrogen-bond acceptors (Lipinski definition) is 3. The van der Waals surface area contributed by atoms with E-state index < -0.39 is 10.0 Å². The van der Waals surface area contributed by atoms with E-state index in [9.17, 15) is 8.42 Å². The third-order valence-electron chi connectivity index (χ3n) is 2.52. The van der Waals surface area contributed by atoms with Crippen molar-refractivity contribution in [3.63, 3.8) is 0 Å². The van der Waals surface area contributed by atoms with Gasteiger partial charge in [0.05, 0.1) is 17.1 Å². The third kappa shape index (κ3) is 3.86. The summed E-state index contributed by atoms with van der Waals surface area (Å²) in [6, 6.07) is 10.4. The minimum atomic E-state index is -3.50. The van der Waals surface area contributed by atoms with E-state index in [0.29, 0.717) is 5.69 Å². The van der Waals surface area contributed by atoms with Crippen molar-refractivity contribution in [2.75, 3.05) is 0 Å². The van der Waals surface area contributed by atoms with Gasteiger partial charge in [-0.15, -0.1) is 0 Å². The zero-order valence-corrected chi connectivity index (χ0v) is 12.7. The molecule has 0 saturated carbocycles. The first-order valence-electron chi connectivity index (χ1n) is 5.64. The summed E-state index contributed by atoms with van der Waals surface area (Å²) < 4.78 is 27.6. The highest BCUT2D eigenvalue weighted by atomic mass is 79.9. The largest absolute Gasteiger partial charge is 0.260 e. The van der Waals surface area contributed by atoms with Crippen molar-refractivity contribution in [1.82, 2.24) is 9.71 Å². The lowest BCUT2D eigenvalue weighted by Crippen LogP contribution is -2.23. The van der Waals surface area contributed by atoms with Crippen LogP contribution in [-0.4, -0.2) is 13.4 Å². The molecule has 2 rings (SSSR count). The Hall–Kier alpha value is -1.24. The summed E-state index contributed by atoms with van der Waals surface area (Å²) in [4.78, 5) is 4.36. The van der Waals surface area contributed by atoms with Crippen LogP contribution in [0.15, 0.2) is 52.0 Å².